The van der Waals surface area contributed by atoms with Gasteiger partial charge in [0.1, 0.15) is 0 Å². The highest BCUT2D eigenvalue weighted by Gasteiger charge is 2.32. The molecule has 1 aromatic carbocycles. The van der Waals surface area contributed by atoms with Gasteiger partial charge in [-0.1, -0.05) is 24.4 Å². The molecule has 2 atom stereocenters. The molecule has 1 aliphatic carbocycles. The van der Waals surface area contributed by atoms with Crippen molar-refractivity contribution >= 4 is 23.4 Å². The van der Waals surface area contributed by atoms with Gasteiger partial charge in [-0.3, -0.25) is 4.79 Å². The third-order valence-electron chi connectivity index (χ3n) is 3.53. The molecule has 0 aromatic heterocycles. The molecule has 0 N–H and O–H groups in total. The zero-order valence-electron chi connectivity index (χ0n) is 9.90. The van der Waals surface area contributed by atoms with Crippen LogP contribution in [0.2, 0.25) is 5.02 Å². The van der Waals surface area contributed by atoms with Crippen LogP contribution in [-0.4, -0.2) is 11.8 Å². The van der Waals surface area contributed by atoms with E-state index in [0.717, 1.165) is 12.8 Å². The first-order valence-electron chi connectivity index (χ1n) is 6.10. The Morgan fingerprint density at radius 1 is 1.06 bits per heavy atom. The third kappa shape index (κ3) is 2.72. The Bertz CT molecular complexity index is 453. The number of carboxylic acid groups (broad SMARTS) is 1. The predicted molar refractivity (Wildman–Crippen MR) is 66.2 cm³/mol. The minimum absolute atomic E-state index is 0.111. The maximum Gasteiger partial charge on any atom is 0.166 e. The van der Waals surface area contributed by atoms with Gasteiger partial charge in [0.25, 0.3) is 0 Å². The first-order chi connectivity index (χ1) is 8.59. The van der Waals surface area contributed by atoms with E-state index in [2.05, 4.69) is 0 Å². The second-order valence-corrected chi connectivity index (χ2v) is 5.12. The number of hydrogen-bond donors (Lipinski definition) is 0. The van der Waals surface area contributed by atoms with E-state index in [1.165, 1.54) is 0 Å². The summed E-state index contributed by atoms with van der Waals surface area (Å²) in [5.41, 5.74) is 0.526. The van der Waals surface area contributed by atoms with Crippen LogP contribution in [-0.2, 0) is 4.79 Å². The van der Waals surface area contributed by atoms with E-state index in [0.29, 0.717) is 23.4 Å². The normalized spacial score (nSPS) is 23.6. The highest BCUT2D eigenvalue weighted by atomic mass is 35.5. The van der Waals surface area contributed by atoms with Crippen LogP contribution in [0.5, 0.6) is 0 Å². The molecule has 1 aliphatic rings. The van der Waals surface area contributed by atoms with Gasteiger partial charge in [-0.2, -0.15) is 0 Å². The zero-order chi connectivity index (χ0) is 13.1. The fraction of sp³-hybridized carbons (Fsp3) is 0.429. The van der Waals surface area contributed by atoms with Crippen LogP contribution in [0.3, 0.4) is 0 Å². The fourth-order valence-electron chi connectivity index (χ4n) is 2.56. The molecule has 18 heavy (non-hydrogen) atoms. The summed E-state index contributed by atoms with van der Waals surface area (Å²) >= 11 is 5.77. The number of benzene rings is 1. The van der Waals surface area contributed by atoms with Gasteiger partial charge in [0.15, 0.2) is 5.78 Å². The van der Waals surface area contributed by atoms with Crippen molar-refractivity contribution in [1.29, 1.82) is 0 Å². The molecule has 0 saturated heterocycles. The standard InChI is InChI=1S/C14H15ClO3/c15-10-7-5-9(6-8-10)13(16)11-3-1-2-4-12(11)14(17)18/h5-8,11-12H,1-4H2,(H,17,18)/p-1/t11-,12-/m0/s1. The summed E-state index contributed by atoms with van der Waals surface area (Å²) in [5.74, 6) is -2.32. The zero-order valence-corrected chi connectivity index (χ0v) is 10.7. The number of hydrogen-bond acceptors (Lipinski definition) is 3. The summed E-state index contributed by atoms with van der Waals surface area (Å²) in [6.45, 7) is 0. The molecule has 0 aliphatic heterocycles. The van der Waals surface area contributed by atoms with Gasteiger partial charge in [0, 0.05) is 28.4 Å². The van der Waals surface area contributed by atoms with E-state index in [1.807, 2.05) is 0 Å². The minimum atomic E-state index is -1.11. The van der Waals surface area contributed by atoms with Crippen LogP contribution in [0.25, 0.3) is 0 Å². The molecule has 0 unspecified atom stereocenters. The molecule has 1 aromatic rings. The highest BCUT2D eigenvalue weighted by molar-refractivity contribution is 6.30. The van der Waals surface area contributed by atoms with Crippen LogP contribution < -0.4 is 5.11 Å². The lowest BCUT2D eigenvalue weighted by Crippen LogP contribution is -2.40. The second-order valence-electron chi connectivity index (χ2n) is 4.69. The summed E-state index contributed by atoms with van der Waals surface area (Å²) in [6.07, 6.45) is 2.91. The fourth-order valence-corrected chi connectivity index (χ4v) is 2.68. The van der Waals surface area contributed by atoms with Gasteiger partial charge in [-0.25, -0.2) is 0 Å². The summed E-state index contributed by atoms with van der Waals surface area (Å²) in [7, 11) is 0. The molecule has 0 radical (unpaired) electrons. The minimum Gasteiger partial charge on any atom is -0.550 e. The lowest BCUT2D eigenvalue weighted by molar-refractivity contribution is -0.313. The molecular weight excluding hydrogens is 252 g/mol. The molecule has 4 heteroatoms. The predicted octanol–water partition coefficient (Wildman–Crippen LogP) is 2.08. The Labute approximate surface area is 111 Å². The summed E-state index contributed by atoms with van der Waals surface area (Å²) < 4.78 is 0. The molecular formula is C14H14ClO3-. The Hall–Kier alpha value is -1.35. The van der Waals surface area contributed by atoms with Crippen molar-refractivity contribution in [3.8, 4) is 0 Å². The third-order valence-corrected chi connectivity index (χ3v) is 3.79. The number of carbonyl (C=O) groups is 2. The second kappa shape index (κ2) is 5.53. The average molecular weight is 266 g/mol. The lowest BCUT2D eigenvalue weighted by atomic mass is 9.75. The van der Waals surface area contributed by atoms with Crippen LogP contribution in [0, 0.1) is 11.8 Å². The molecule has 0 heterocycles. The van der Waals surface area contributed by atoms with Crippen LogP contribution in [0.1, 0.15) is 36.0 Å². The van der Waals surface area contributed by atoms with Crippen molar-refractivity contribution < 1.29 is 14.7 Å². The van der Waals surface area contributed by atoms with Crippen LogP contribution in [0.4, 0.5) is 0 Å². The Balaban J connectivity index is 2.20. The van der Waals surface area contributed by atoms with Gasteiger partial charge >= 0.3 is 0 Å². The quantitative estimate of drug-likeness (QED) is 0.786. The number of halogens is 1. The monoisotopic (exact) mass is 265 g/mol. The first kappa shape index (κ1) is 13.1. The summed E-state index contributed by atoms with van der Waals surface area (Å²) in [4.78, 5) is 23.4. The molecule has 0 amide bonds. The smallest absolute Gasteiger partial charge is 0.166 e. The SMILES string of the molecule is O=C([O-])[C@H]1CCCC[C@@H]1C(=O)c1ccc(Cl)cc1. The Morgan fingerprint density at radius 2 is 1.61 bits per heavy atom. The van der Waals surface area contributed by atoms with Crippen LogP contribution >= 0.6 is 11.6 Å². The van der Waals surface area contributed by atoms with Crippen LogP contribution in [0.15, 0.2) is 24.3 Å². The topological polar surface area (TPSA) is 57.2 Å². The Kier molecular flexibility index (Phi) is 4.02. The molecule has 2 rings (SSSR count). The van der Waals surface area contributed by atoms with E-state index in [-0.39, 0.29) is 5.78 Å². The average Bonchev–Trinajstić information content (AvgIpc) is 2.39. The summed E-state index contributed by atoms with van der Waals surface area (Å²) in [6, 6.07) is 6.58. The van der Waals surface area contributed by atoms with Crippen molar-refractivity contribution in [3.63, 3.8) is 0 Å². The van der Waals surface area contributed by atoms with E-state index in [1.54, 1.807) is 24.3 Å². The highest BCUT2D eigenvalue weighted by Crippen LogP contribution is 2.32. The van der Waals surface area contributed by atoms with Gasteiger partial charge in [0.05, 0.1) is 0 Å². The molecule has 1 saturated carbocycles. The van der Waals surface area contributed by atoms with Gasteiger partial charge in [0.2, 0.25) is 0 Å². The number of aliphatic carboxylic acids is 1. The van der Waals surface area contributed by atoms with Crippen molar-refractivity contribution in [2.45, 2.75) is 25.7 Å². The lowest BCUT2D eigenvalue weighted by Gasteiger charge is -2.31. The van der Waals surface area contributed by atoms with E-state index in [9.17, 15) is 14.7 Å². The van der Waals surface area contributed by atoms with Gasteiger partial charge < -0.3 is 9.90 Å². The number of carboxylic acids is 1. The number of Topliss-reactive ketones (excluding diaryl/α,β-unsaturated/α-hetero) is 1. The van der Waals surface area contributed by atoms with E-state index >= 15 is 0 Å². The van der Waals surface area contributed by atoms with Crippen molar-refractivity contribution in [3.05, 3.63) is 34.9 Å². The number of ketones is 1. The molecule has 1 fully saturated rings. The maximum absolute atomic E-state index is 12.3. The maximum atomic E-state index is 12.3. The summed E-state index contributed by atoms with van der Waals surface area (Å²) in [5, 5.41) is 11.6. The number of rotatable bonds is 3. The van der Waals surface area contributed by atoms with E-state index in [4.69, 9.17) is 11.6 Å². The number of carbonyl (C=O) groups excluding carboxylic acids is 2. The molecule has 3 nitrogen and oxygen atoms in total. The van der Waals surface area contributed by atoms with Crippen molar-refractivity contribution in [2.75, 3.05) is 0 Å². The molecule has 96 valence electrons. The van der Waals surface area contributed by atoms with Gasteiger partial charge in [-0.15, -0.1) is 0 Å². The molecule has 0 bridgehead atoms. The first-order valence-corrected chi connectivity index (χ1v) is 6.48. The largest absolute Gasteiger partial charge is 0.550 e. The van der Waals surface area contributed by atoms with Crippen molar-refractivity contribution in [1.82, 2.24) is 0 Å². The van der Waals surface area contributed by atoms with Gasteiger partial charge in [-0.05, 0) is 37.1 Å². The van der Waals surface area contributed by atoms with E-state index < -0.39 is 17.8 Å². The van der Waals surface area contributed by atoms with Crippen molar-refractivity contribution in [2.24, 2.45) is 11.8 Å². The molecule has 0 spiro atoms. The Morgan fingerprint density at radius 3 is 2.17 bits per heavy atom.